The van der Waals surface area contributed by atoms with Gasteiger partial charge < -0.3 is 9.80 Å². The molecule has 0 aliphatic carbocycles. The fourth-order valence-corrected chi connectivity index (χ4v) is 5.01. The third-order valence-corrected chi connectivity index (χ3v) is 6.39. The molecule has 4 nitrogen and oxygen atoms in total. The van der Waals surface area contributed by atoms with Crippen molar-refractivity contribution >= 4 is 23.6 Å². The molecule has 2 heterocycles. The molecule has 1 aromatic rings. The summed E-state index contributed by atoms with van der Waals surface area (Å²) in [7, 11) is 0. The maximum Gasteiger partial charge on any atom is 0.246 e. The van der Waals surface area contributed by atoms with Gasteiger partial charge in [-0.2, -0.15) is 0 Å². The lowest BCUT2D eigenvalue weighted by atomic mass is 9.92. The first-order chi connectivity index (χ1) is 12.4. The number of nitrogens with zero attached hydrogens (tertiary/aromatic N) is 2. The van der Waals surface area contributed by atoms with Crippen LogP contribution in [0, 0.1) is 5.41 Å². The smallest absolute Gasteiger partial charge is 0.246 e. The van der Waals surface area contributed by atoms with Gasteiger partial charge in [-0.1, -0.05) is 51.1 Å². The number of benzene rings is 1. The van der Waals surface area contributed by atoms with Crippen LogP contribution in [0.2, 0.25) is 0 Å². The predicted octanol–water partition coefficient (Wildman–Crippen LogP) is 3.73. The normalized spacial score (nSPS) is 24.4. The van der Waals surface area contributed by atoms with E-state index in [0.29, 0.717) is 11.8 Å². The second-order valence-electron chi connectivity index (χ2n) is 8.40. The maximum absolute atomic E-state index is 13.2. The zero-order valence-corrected chi connectivity index (χ0v) is 16.9. The van der Waals surface area contributed by atoms with E-state index in [1.807, 2.05) is 25.7 Å². The van der Waals surface area contributed by atoms with E-state index in [1.165, 1.54) is 5.56 Å². The zero-order chi connectivity index (χ0) is 18.7. The van der Waals surface area contributed by atoms with Crippen LogP contribution in [-0.4, -0.2) is 52.4 Å². The van der Waals surface area contributed by atoms with Crippen LogP contribution < -0.4 is 0 Å². The van der Waals surface area contributed by atoms with Crippen molar-refractivity contribution in [2.75, 3.05) is 24.7 Å². The van der Waals surface area contributed by atoms with Crippen molar-refractivity contribution in [3.63, 3.8) is 0 Å². The number of hydrogen-bond donors (Lipinski definition) is 0. The Morgan fingerprint density at radius 1 is 1.08 bits per heavy atom. The first-order valence-electron chi connectivity index (χ1n) is 9.60. The van der Waals surface area contributed by atoms with Gasteiger partial charge >= 0.3 is 0 Å². The summed E-state index contributed by atoms with van der Waals surface area (Å²) in [5, 5.41) is 0. The highest BCUT2D eigenvalue weighted by Gasteiger charge is 2.40. The van der Waals surface area contributed by atoms with Crippen LogP contribution in [0.15, 0.2) is 30.3 Å². The molecule has 5 heteroatoms. The van der Waals surface area contributed by atoms with Crippen LogP contribution in [-0.2, 0) is 9.59 Å². The van der Waals surface area contributed by atoms with Crippen LogP contribution in [0.25, 0.3) is 0 Å². The van der Waals surface area contributed by atoms with Crippen molar-refractivity contribution in [3.8, 4) is 0 Å². The Labute approximate surface area is 161 Å². The zero-order valence-electron chi connectivity index (χ0n) is 16.1. The Morgan fingerprint density at radius 2 is 1.81 bits per heavy atom. The molecule has 2 aliphatic heterocycles. The summed E-state index contributed by atoms with van der Waals surface area (Å²) in [5.41, 5.74) is 0.934. The Hall–Kier alpha value is -1.49. The molecule has 26 heavy (non-hydrogen) atoms. The quantitative estimate of drug-likeness (QED) is 0.792. The molecule has 0 bridgehead atoms. The highest BCUT2D eigenvalue weighted by Crippen LogP contribution is 2.31. The summed E-state index contributed by atoms with van der Waals surface area (Å²) >= 11 is 1.69. The Morgan fingerprint density at radius 3 is 2.50 bits per heavy atom. The van der Waals surface area contributed by atoms with E-state index in [0.717, 1.165) is 38.1 Å². The minimum Gasteiger partial charge on any atom is -0.341 e. The molecule has 0 spiro atoms. The van der Waals surface area contributed by atoms with Crippen LogP contribution in [0.4, 0.5) is 0 Å². The van der Waals surface area contributed by atoms with Gasteiger partial charge in [0.2, 0.25) is 11.8 Å². The van der Waals surface area contributed by atoms with Crippen LogP contribution in [0.1, 0.15) is 51.5 Å². The van der Waals surface area contributed by atoms with Crippen molar-refractivity contribution < 1.29 is 9.59 Å². The number of thioether (sulfide) groups is 1. The predicted molar refractivity (Wildman–Crippen MR) is 107 cm³/mol. The number of carbonyl (C=O) groups excluding carboxylic acids is 2. The summed E-state index contributed by atoms with van der Waals surface area (Å²) in [6, 6.07) is 10.3. The molecule has 2 fully saturated rings. The number of carbonyl (C=O) groups is 2. The number of rotatable bonds is 2. The molecule has 1 aromatic carbocycles. The Balaban J connectivity index is 1.65. The molecule has 3 rings (SSSR count). The average Bonchev–Trinajstić information content (AvgIpc) is 2.97. The summed E-state index contributed by atoms with van der Waals surface area (Å²) in [5.74, 6) is 2.10. The second kappa shape index (κ2) is 8.03. The summed E-state index contributed by atoms with van der Waals surface area (Å²) in [6.07, 6.45) is 3.15. The third kappa shape index (κ3) is 4.25. The van der Waals surface area contributed by atoms with Gasteiger partial charge in [-0.15, -0.1) is 11.8 Å². The van der Waals surface area contributed by atoms with E-state index >= 15 is 0 Å². The number of likely N-dealkylation sites (tertiary alicyclic amines) is 1. The highest BCUT2D eigenvalue weighted by atomic mass is 32.2. The maximum atomic E-state index is 13.2. The molecule has 2 aliphatic rings. The molecule has 2 unspecified atom stereocenters. The van der Waals surface area contributed by atoms with E-state index in [9.17, 15) is 9.59 Å². The topological polar surface area (TPSA) is 40.6 Å². The highest BCUT2D eigenvalue weighted by molar-refractivity contribution is 7.99. The lowest BCUT2D eigenvalue weighted by molar-refractivity contribution is -0.147. The van der Waals surface area contributed by atoms with Crippen molar-refractivity contribution in [2.45, 2.75) is 52.0 Å². The van der Waals surface area contributed by atoms with Gasteiger partial charge in [0, 0.05) is 24.3 Å². The second-order valence-corrected chi connectivity index (χ2v) is 9.40. The fourth-order valence-electron chi connectivity index (χ4n) is 3.86. The Kier molecular flexibility index (Phi) is 5.96. The van der Waals surface area contributed by atoms with Gasteiger partial charge in [0.25, 0.3) is 0 Å². The molecule has 2 amide bonds. The van der Waals surface area contributed by atoms with E-state index in [1.54, 1.807) is 16.7 Å². The number of amides is 2. The van der Waals surface area contributed by atoms with Crippen molar-refractivity contribution in [3.05, 3.63) is 35.9 Å². The molecule has 0 saturated carbocycles. The molecule has 2 atom stereocenters. The van der Waals surface area contributed by atoms with E-state index in [2.05, 4.69) is 30.3 Å². The van der Waals surface area contributed by atoms with Gasteiger partial charge in [0.1, 0.15) is 6.04 Å². The van der Waals surface area contributed by atoms with E-state index in [4.69, 9.17) is 0 Å². The van der Waals surface area contributed by atoms with Gasteiger partial charge in [-0.25, -0.2) is 0 Å². The van der Waals surface area contributed by atoms with Crippen molar-refractivity contribution in [1.82, 2.24) is 9.80 Å². The van der Waals surface area contributed by atoms with Gasteiger partial charge in [0.05, 0.1) is 5.88 Å². The third-order valence-electron chi connectivity index (χ3n) is 5.38. The molecule has 2 saturated heterocycles. The molecule has 142 valence electrons. The molecular formula is C21H30N2O2S. The van der Waals surface area contributed by atoms with E-state index in [-0.39, 0.29) is 17.9 Å². The minimum atomic E-state index is -0.444. The SMILES string of the molecule is CC(C)(C)C(=O)N1CSCC1C(=O)N1CCCC(c2ccccc2)CC1. The van der Waals surface area contributed by atoms with Crippen molar-refractivity contribution in [2.24, 2.45) is 5.41 Å². The van der Waals surface area contributed by atoms with Crippen molar-refractivity contribution in [1.29, 1.82) is 0 Å². The molecule has 0 aromatic heterocycles. The Bertz CT molecular complexity index is 641. The fraction of sp³-hybridized carbons (Fsp3) is 0.619. The lowest BCUT2D eigenvalue weighted by Gasteiger charge is -2.32. The minimum absolute atomic E-state index is 0.0813. The lowest BCUT2D eigenvalue weighted by Crippen LogP contribution is -2.51. The molecular weight excluding hydrogens is 344 g/mol. The first-order valence-corrected chi connectivity index (χ1v) is 10.8. The van der Waals surface area contributed by atoms with Crippen LogP contribution >= 0.6 is 11.8 Å². The summed E-state index contributed by atoms with van der Waals surface area (Å²) in [6.45, 7) is 7.38. The molecule has 0 N–H and O–H groups in total. The van der Waals surface area contributed by atoms with E-state index < -0.39 is 5.41 Å². The van der Waals surface area contributed by atoms with Gasteiger partial charge in [-0.3, -0.25) is 9.59 Å². The van der Waals surface area contributed by atoms with Crippen LogP contribution in [0.3, 0.4) is 0 Å². The van der Waals surface area contributed by atoms with Gasteiger partial charge in [-0.05, 0) is 30.7 Å². The average molecular weight is 375 g/mol. The standard InChI is InChI=1S/C21H30N2O2S/c1-21(2,3)20(25)23-15-26-14-18(23)19(24)22-12-7-10-17(11-13-22)16-8-5-4-6-9-16/h4-6,8-9,17-18H,7,10-15H2,1-3H3. The number of hydrogen-bond acceptors (Lipinski definition) is 3. The first kappa shape index (κ1) is 19.3. The monoisotopic (exact) mass is 374 g/mol. The summed E-state index contributed by atoms with van der Waals surface area (Å²) < 4.78 is 0. The van der Waals surface area contributed by atoms with Gasteiger partial charge in [0.15, 0.2) is 0 Å². The largest absolute Gasteiger partial charge is 0.341 e. The summed E-state index contributed by atoms with van der Waals surface area (Å²) in [4.78, 5) is 29.7. The molecule has 0 radical (unpaired) electrons. The van der Waals surface area contributed by atoms with Crippen LogP contribution in [0.5, 0.6) is 0 Å².